The lowest BCUT2D eigenvalue weighted by Crippen LogP contribution is -2.23. The predicted octanol–water partition coefficient (Wildman–Crippen LogP) is 5.05. The molecule has 1 N–H and O–H groups in total. The molecule has 1 amide bonds. The van der Waals surface area contributed by atoms with Crippen molar-refractivity contribution in [2.24, 2.45) is 0 Å². The summed E-state index contributed by atoms with van der Waals surface area (Å²) in [7, 11) is 0. The number of amides is 1. The highest BCUT2D eigenvalue weighted by Gasteiger charge is 2.16. The number of carbonyl (C=O) groups excluding carboxylic acids is 1. The molecule has 0 spiro atoms. The molecule has 3 aromatic rings. The van der Waals surface area contributed by atoms with Crippen LogP contribution in [0.15, 0.2) is 53.5 Å². The average molecular weight is 369 g/mol. The maximum absolute atomic E-state index is 12.8. The number of anilines is 1. The van der Waals surface area contributed by atoms with Gasteiger partial charge in [0.1, 0.15) is 5.56 Å². The fourth-order valence-electron chi connectivity index (χ4n) is 2.94. The maximum atomic E-state index is 12.8. The SMILES string of the molecule is CCn1cc(C(=O)Nc2ccc(C(C)C)cc2)c(=O)c2cc(Cl)ccc21. The van der Waals surface area contributed by atoms with E-state index in [1.54, 1.807) is 24.4 Å². The van der Waals surface area contributed by atoms with Crippen molar-refractivity contribution >= 4 is 34.1 Å². The Kier molecular flexibility index (Phi) is 5.14. The zero-order valence-electron chi connectivity index (χ0n) is 15.0. The first-order valence-corrected chi connectivity index (χ1v) is 9.02. The number of pyridine rings is 1. The summed E-state index contributed by atoms with van der Waals surface area (Å²) >= 11 is 6.04. The van der Waals surface area contributed by atoms with E-state index in [-0.39, 0.29) is 11.0 Å². The Labute approximate surface area is 157 Å². The molecule has 0 fully saturated rings. The topological polar surface area (TPSA) is 51.1 Å². The average Bonchev–Trinajstić information content (AvgIpc) is 2.62. The van der Waals surface area contributed by atoms with Gasteiger partial charge in [0.05, 0.1) is 5.52 Å². The van der Waals surface area contributed by atoms with Gasteiger partial charge in [-0.3, -0.25) is 9.59 Å². The molecule has 0 aliphatic rings. The van der Waals surface area contributed by atoms with Crippen molar-refractivity contribution in [2.75, 3.05) is 5.32 Å². The third-order valence-corrected chi connectivity index (χ3v) is 4.70. The third kappa shape index (κ3) is 3.51. The molecule has 0 radical (unpaired) electrons. The number of rotatable bonds is 4. The molecule has 2 aromatic carbocycles. The molecular formula is C21H21ClN2O2. The van der Waals surface area contributed by atoms with E-state index < -0.39 is 5.91 Å². The van der Waals surface area contributed by atoms with E-state index in [1.165, 1.54) is 5.56 Å². The molecule has 1 aromatic heterocycles. The third-order valence-electron chi connectivity index (χ3n) is 4.46. The van der Waals surface area contributed by atoms with Crippen molar-refractivity contribution in [2.45, 2.75) is 33.2 Å². The van der Waals surface area contributed by atoms with Gasteiger partial charge in [0.25, 0.3) is 5.91 Å². The maximum Gasteiger partial charge on any atom is 0.261 e. The van der Waals surface area contributed by atoms with Crippen LogP contribution >= 0.6 is 11.6 Å². The standard InChI is InChI=1S/C21H21ClN2O2/c1-4-24-12-18(20(25)17-11-15(22)7-10-19(17)24)21(26)23-16-8-5-14(6-9-16)13(2)3/h5-13H,4H2,1-3H3,(H,23,26). The van der Waals surface area contributed by atoms with E-state index in [2.05, 4.69) is 19.2 Å². The van der Waals surface area contributed by atoms with Crippen LogP contribution in [0.1, 0.15) is 42.6 Å². The van der Waals surface area contributed by atoms with Crippen LogP contribution in [0, 0.1) is 0 Å². The molecule has 26 heavy (non-hydrogen) atoms. The molecule has 1 heterocycles. The molecule has 0 saturated heterocycles. The molecule has 0 aliphatic carbocycles. The zero-order chi connectivity index (χ0) is 18.8. The number of nitrogens with one attached hydrogen (secondary N) is 1. The largest absolute Gasteiger partial charge is 0.347 e. The Balaban J connectivity index is 2.00. The summed E-state index contributed by atoms with van der Waals surface area (Å²) in [5, 5.41) is 3.73. The van der Waals surface area contributed by atoms with Crippen LogP contribution < -0.4 is 10.7 Å². The summed E-state index contributed by atoms with van der Waals surface area (Å²) in [5.74, 6) is -0.00174. The van der Waals surface area contributed by atoms with Gasteiger partial charge in [0.15, 0.2) is 0 Å². The van der Waals surface area contributed by atoms with Crippen LogP contribution in [0.5, 0.6) is 0 Å². The highest BCUT2D eigenvalue weighted by Crippen LogP contribution is 2.20. The Morgan fingerprint density at radius 3 is 2.46 bits per heavy atom. The zero-order valence-corrected chi connectivity index (χ0v) is 15.8. The van der Waals surface area contributed by atoms with Gasteiger partial charge in [-0.15, -0.1) is 0 Å². The Morgan fingerprint density at radius 1 is 1.15 bits per heavy atom. The normalized spacial score (nSPS) is 11.1. The lowest BCUT2D eigenvalue weighted by molar-refractivity contribution is 0.102. The number of hydrogen-bond donors (Lipinski definition) is 1. The first-order valence-electron chi connectivity index (χ1n) is 8.64. The summed E-state index contributed by atoms with van der Waals surface area (Å²) in [6.07, 6.45) is 1.61. The van der Waals surface area contributed by atoms with Gasteiger partial charge in [-0.2, -0.15) is 0 Å². The lowest BCUT2D eigenvalue weighted by atomic mass is 10.0. The number of hydrogen-bond acceptors (Lipinski definition) is 2. The van der Waals surface area contributed by atoms with Gasteiger partial charge < -0.3 is 9.88 Å². The number of carbonyl (C=O) groups is 1. The summed E-state index contributed by atoms with van der Waals surface area (Å²) in [6.45, 7) is 6.83. The second-order valence-electron chi connectivity index (χ2n) is 6.55. The minimum absolute atomic E-state index is 0.106. The van der Waals surface area contributed by atoms with Gasteiger partial charge in [-0.1, -0.05) is 37.6 Å². The monoisotopic (exact) mass is 368 g/mol. The number of halogens is 1. The lowest BCUT2D eigenvalue weighted by Gasteiger charge is -2.12. The van der Waals surface area contributed by atoms with E-state index >= 15 is 0 Å². The summed E-state index contributed by atoms with van der Waals surface area (Å²) in [5.41, 5.74) is 2.41. The number of benzene rings is 2. The highest BCUT2D eigenvalue weighted by atomic mass is 35.5. The van der Waals surface area contributed by atoms with Gasteiger partial charge in [-0.25, -0.2) is 0 Å². The summed E-state index contributed by atoms with van der Waals surface area (Å²) < 4.78 is 1.88. The minimum Gasteiger partial charge on any atom is -0.347 e. The summed E-state index contributed by atoms with van der Waals surface area (Å²) in [4.78, 5) is 25.5. The fourth-order valence-corrected chi connectivity index (χ4v) is 3.11. The molecule has 3 rings (SSSR count). The molecule has 0 unspecified atom stereocenters. The Bertz CT molecular complexity index is 1020. The predicted molar refractivity (Wildman–Crippen MR) is 107 cm³/mol. The van der Waals surface area contributed by atoms with Crippen LogP contribution in [0.3, 0.4) is 0 Å². The van der Waals surface area contributed by atoms with Crippen LogP contribution in [0.2, 0.25) is 5.02 Å². The second kappa shape index (κ2) is 7.34. The van der Waals surface area contributed by atoms with Crippen molar-refractivity contribution in [3.05, 3.63) is 75.0 Å². The van der Waals surface area contributed by atoms with Crippen LogP contribution in [-0.4, -0.2) is 10.5 Å². The molecular weight excluding hydrogens is 348 g/mol. The van der Waals surface area contributed by atoms with Crippen molar-refractivity contribution in [3.63, 3.8) is 0 Å². The van der Waals surface area contributed by atoms with Crippen LogP contribution in [-0.2, 0) is 6.54 Å². The highest BCUT2D eigenvalue weighted by molar-refractivity contribution is 6.31. The molecule has 0 saturated carbocycles. The number of aromatic nitrogens is 1. The second-order valence-corrected chi connectivity index (χ2v) is 6.99. The Morgan fingerprint density at radius 2 is 1.85 bits per heavy atom. The molecule has 4 nitrogen and oxygen atoms in total. The smallest absolute Gasteiger partial charge is 0.261 e. The first kappa shape index (κ1) is 18.2. The van der Waals surface area contributed by atoms with Crippen LogP contribution in [0.4, 0.5) is 5.69 Å². The molecule has 134 valence electrons. The van der Waals surface area contributed by atoms with Crippen LogP contribution in [0.25, 0.3) is 10.9 Å². The van der Waals surface area contributed by atoms with Crippen molar-refractivity contribution < 1.29 is 4.79 Å². The van der Waals surface area contributed by atoms with E-state index in [1.807, 2.05) is 35.8 Å². The van der Waals surface area contributed by atoms with E-state index in [0.717, 1.165) is 5.52 Å². The quantitative estimate of drug-likeness (QED) is 0.700. The van der Waals surface area contributed by atoms with Gasteiger partial charge >= 0.3 is 0 Å². The van der Waals surface area contributed by atoms with E-state index in [9.17, 15) is 9.59 Å². The van der Waals surface area contributed by atoms with Gasteiger partial charge in [0, 0.05) is 28.8 Å². The van der Waals surface area contributed by atoms with Crippen molar-refractivity contribution in [3.8, 4) is 0 Å². The van der Waals surface area contributed by atoms with Crippen molar-refractivity contribution in [1.29, 1.82) is 0 Å². The van der Waals surface area contributed by atoms with Gasteiger partial charge in [0.2, 0.25) is 5.43 Å². The van der Waals surface area contributed by atoms with Gasteiger partial charge in [-0.05, 0) is 48.7 Å². The van der Waals surface area contributed by atoms with E-state index in [4.69, 9.17) is 11.6 Å². The molecule has 5 heteroatoms. The first-order chi connectivity index (χ1) is 12.4. The number of nitrogens with zero attached hydrogens (tertiary/aromatic N) is 1. The fraction of sp³-hybridized carbons (Fsp3) is 0.238. The molecule has 0 aliphatic heterocycles. The van der Waals surface area contributed by atoms with E-state index in [0.29, 0.717) is 28.6 Å². The Hall–Kier alpha value is -2.59. The number of aryl methyl sites for hydroxylation is 1. The molecule has 0 bridgehead atoms. The minimum atomic E-state index is -0.420. The summed E-state index contributed by atoms with van der Waals surface area (Å²) in [6, 6.07) is 12.8. The molecule has 0 atom stereocenters. The number of fused-ring (bicyclic) bond motifs is 1. The van der Waals surface area contributed by atoms with Crippen molar-refractivity contribution in [1.82, 2.24) is 4.57 Å².